The maximum absolute atomic E-state index is 12.3. The van der Waals surface area contributed by atoms with Gasteiger partial charge in [-0.2, -0.15) is 0 Å². The number of H-pyrrole nitrogens is 1. The molecule has 172 valence electrons. The molecule has 9 heteroatoms. The first kappa shape index (κ1) is 21.7. The van der Waals surface area contributed by atoms with Crippen LogP contribution in [-0.4, -0.2) is 65.4 Å². The summed E-state index contributed by atoms with van der Waals surface area (Å²) in [6.07, 6.45) is 8.42. The predicted octanol–water partition coefficient (Wildman–Crippen LogP) is 2.99. The van der Waals surface area contributed by atoms with Crippen molar-refractivity contribution < 1.29 is 13.2 Å². The van der Waals surface area contributed by atoms with Crippen LogP contribution in [-0.2, 0) is 15.4 Å². The summed E-state index contributed by atoms with van der Waals surface area (Å²) in [6, 6.07) is 2.04. The molecule has 1 N–H and O–H groups in total. The number of aromatic nitrogens is 4. The number of pyridine rings is 1. The minimum Gasteiger partial charge on any atom is -0.384 e. The summed E-state index contributed by atoms with van der Waals surface area (Å²) in [4.78, 5) is 19.3. The van der Waals surface area contributed by atoms with Crippen LogP contribution >= 0.6 is 0 Å². The molecule has 2 fully saturated rings. The molecule has 4 heterocycles. The minimum atomic E-state index is -2.50. The predicted molar refractivity (Wildman–Crippen MR) is 124 cm³/mol. The van der Waals surface area contributed by atoms with E-state index in [1.807, 2.05) is 25.4 Å². The summed E-state index contributed by atoms with van der Waals surface area (Å²) < 4.78 is 29.8. The number of rotatable bonds is 6. The molecule has 32 heavy (non-hydrogen) atoms. The van der Waals surface area contributed by atoms with Gasteiger partial charge in [-0.05, 0) is 63.5 Å². The topological polar surface area (TPSA) is 101 Å². The van der Waals surface area contributed by atoms with E-state index in [-0.39, 0.29) is 11.3 Å². The zero-order valence-corrected chi connectivity index (χ0v) is 19.6. The molecule has 8 nitrogen and oxygen atoms in total. The van der Waals surface area contributed by atoms with Gasteiger partial charge in [0.2, 0.25) is 0 Å². The zero-order chi connectivity index (χ0) is 22.2. The molecule has 1 saturated carbocycles. The number of nitrogens with one attached hydrogen (secondary N) is 1. The highest BCUT2D eigenvalue weighted by Gasteiger charge is 2.38. The number of methoxy groups -OCH3 is 1. The third kappa shape index (κ3) is 4.02. The van der Waals surface area contributed by atoms with Gasteiger partial charge in [0, 0.05) is 36.5 Å². The van der Waals surface area contributed by atoms with Crippen molar-refractivity contribution in [3.05, 3.63) is 30.0 Å². The smallest absolute Gasteiger partial charge is 0.156 e. The number of hydrogen-bond donors (Lipinski definition) is 2. The van der Waals surface area contributed by atoms with Crippen LogP contribution in [0.15, 0.2) is 18.5 Å². The van der Waals surface area contributed by atoms with Crippen molar-refractivity contribution in [2.24, 2.45) is 11.8 Å². The number of ether oxygens (including phenoxy) is 1. The summed E-state index contributed by atoms with van der Waals surface area (Å²) in [7, 11) is -0.784. The summed E-state index contributed by atoms with van der Waals surface area (Å²) in [6.45, 7) is 4.29. The molecule has 2 aliphatic rings. The summed E-state index contributed by atoms with van der Waals surface area (Å²) in [5.41, 5.74) is 2.81. The standard InChI is InChI=1S/C23H31N5O3S/c1-14-26-19-11-25-22-18(7-9-24-22)20(19)21(27-14)16-3-5-17(6-4-16)23(32(29)30)28-10-8-15(12-28)13-31-2/h7,9,11,15-17,23,32H,3-6,8,10,12-13H2,1-2H3,(H,24,25). The Morgan fingerprint density at radius 3 is 2.78 bits per heavy atom. The molecule has 2 unspecified atom stereocenters. The van der Waals surface area contributed by atoms with Gasteiger partial charge in [0.1, 0.15) is 16.8 Å². The lowest BCUT2D eigenvalue weighted by Gasteiger charge is -2.35. The van der Waals surface area contributed by atoms with E-state index in [4.69, 9.17) is 9.72 Å². The number of hydrogen-bond acceptors (Lipinski definition) is 7. The second-order valence-corrected chi connectivity index (χ2v) is 10.4. The summed E-state index contributed by atoms with van der Waals surface area (Å²) in [5, 5.41) is 1.78. The summed E-state index contributed by atoms with van der Waals surface area (Å²) >= 11 is 0. The molecule has 0 bridgehead atoms. The fourth-order valence-corrected chi connectivity index (χ4v) is 6.96. The van der Waals surface area contributed by atoms with E-state index in [0.29, 0.717) is 18.4 Å². The van der Waals surface area contributed by atoms with Crippen LogP contribution < -0.4 is 0 Å². The largest absolute Gasteiger partial charge is 0.384 e. The van der Waals surface area contributed by atoms with E-state index in [1.54, 1.807) is 7.11 Å². The molecule has 3 aromatic rings. The Hall–Kier alpha value is -2.10. The second-order valence-electron chi connectivity index (χ2n) is 9.33. The molecule has 1 aliphatic heterocycles. The van der Waals surface area contributed by atoms with Crippen molar-refractivity contribution in [1.82, 2.24) is 24.8 Å². The van der Waals surface area contributed by atoms with Crippen LogP contribution in [0.1, 0.15) is 49.5 Å². The Morgan fingerprint density at radius 2 is 2.03 bits per heavy atom. The van der Waals surface area contributed by atoms with Crippen LogP contribution in [0.25, 0.3) is 21.9 Å². The van der Waals surface area contributed by atoms with Gasteiger partial charge in [0.25, 0.3) is 0 Å². The normalized spacial score (nSPS) is 25.8. The fourth-order valence-electron chi connectivity index (χ4n) is 5.85. The van der Waals surface area contributed by atoms with E-state index in [1.165, 1.54) is 0 Å². The van der Waals surface area contributed by atoms with Gasteiger partial charge < -0.3 is 9.72 Å². The van der Waals surface area contributed by atoms with Crippen LogP contribution in [0, 0.1) is 18.8 Å². The maximum atomic E-state index is 12.3. The molecule has 0 amide bonds. The van der Waals surface area contributed by atoms with E-state index < -0.39 is 10.7 Å². The van der Waals surface area contributed by atoms with Crippen LogP contribution in [0.5, 0.6) is 0 Å². The molecule has 1 saturated heterocycles. The number of aryl methyl sites for hydroxylation is 1. The van der Waals surface area contributed by atoms with Crippen molar-refractivity contribution in [2.45, 2.75) is 50.3 Å². The molecule has 0 aromatic carbocycles. The van der Waals surface area contributed by atoms with Crippen molar-refractivity contribution in [3.63, 3.8) is 0 Å². The summed E-state index contributed by atoms with van der Waals surface area (Å²) in [5.74, 6) is 1.67. The Morgan fingerprint density at radius 1 is 1.22 bits per heavy atom. The average molecular weight is 458 g/mol. The van der Waals surface area contributed by atoms with Crippen molar-refractivity contribution >= 4 is 32.6 Å². The van der Waals surface area contributed by atoms with Crippen LogP contribution in [0.2, 0.25) is 0 Å². The highest BCUT2D eigenvalue weighted by atomic mass is 32.2. The first-order valence-corrected chi connectivity index (χ1v) is 12.8. The van der Waals surface area contributed by atoms with Crippen LogP contribution in [0.4, 0.5) is 0 Å². The Labute approximate surface area is 189 Å². The highest BCUT2D eigenvalue weighted by molar-refractivity contribution is 7.73. The number of aromatic amines is 1. The van der Waals surface area contributed by atoms with Crippen molar-refractivity contribution in [3.8, 4) is 0 Å². The minimum absolute atomic E-state index is 0.178. The van der Waals surface area contributed by atoms with Gasteiger partial charge in [-0.3, -0.25) is 4.90 Å². The van der Waals surface area contributed by atoms with Gasteiger partial charge in [0.15, 0.2) is 10.7 Å². The van der Waals surface area contributed by atoms with E-state index in [0.717, 1.165) is 78.6 Å². The van der Waals surface area contributed by atoms with E-state index in [9.17, 15) is 8.42 Å². The Balaban J connectivity index is 1.38. The fraction of sp³-hybridized carbons (Fsp3) is 0.609. The third-order valence-corrected chi connectivity index (χ3v) is 8.46. The molecule has 5 rings (SSSR count). The van der Waals surface area contributed by atoms with Gasteiger partial charge in [0.05, 0.1) is 24.0 Å². The number of fused-ring (bicyclic) bond motifs is 3. The van der Waals surface area contributed by atoms with Crippen molar-refractivity contribution in [2.75, 3.05) is 26.8 Å². The first-order chi connectivity index (χ1) is 15.5. The molecule has 1 aliphatic carbocycles. The lowest BCUT2D eigenvalue weighted by atomic mass is 9.79. The quantitative estimate of drug-likeness (QED) is 0.549. The SMILES string of the molecule is COCC1CCN(C(C2CCC(c3nc(C)nc4cnc5[nH]ccc5c34)CC2)[SH](=O)=O)C1. The lowest BCUT2D eigenvalue weighted by Crippen LogP contribution is -2.42. The maximum Gasteiger partial charge on any atom is 0.156 e. The number of nitrogens with zero attached hydrogens (tertiary/aromatic N) is 4. The number of thiol groups is 1. The van der Waals surface area contributed by atoms with Gasteiger partial charge in [-0.1, -0.05) is 0 Å². The molecule has 0 radical (unpaired) electrons. The zero-order valence-electron chi connectivity index (χ0n) is 18.7. The highest BCUT2D eigenvalue weighted by Crippen LogP contribution is 2.41. The third-order valence-electron chi connectivity index (χ3n) is 7.28. The van der Waals surface area contributed by atoms with Crippen LogP contribution in [0.3, 0.4) is 0 Å². The number of likely N-dealkylation sites (tertiary alicyclic amines) is 1. The molecular formula is C23H31N5O3S. The molecule has 2 atom stereocenters. The molecule has 0 spiro atoms. The second kappa shape index (κ2) is 9.03. The first-order valence-electron chi connectivity index (χ1n) is 11.5. The van der Waals surface area contributed by atoms with E-state index in [2.05, 4.69) is 19.9 Å². The van der Waals surface area contributed by atoms with Crippen molar-refractivity contribution in [1.29, 1.82) is 0 Å². The van der Waals surface area contributed by atoms with E-state index >= 15 is 0 Å². The van der Waals surface area contributed by atoms with Gasteiger partial charge in [-0.15, -0.1) is 0 Å². The van der Waals surface area contributed by atoms with Gasteiger partial charge in [-0.25, -0.2) is 23.4 Å². The lowest BCUT2D eigenvalue weighted by molar-refractivity contribution is 0.142. The monoisotopic (exact) mass is 457 g/mol. The molecular weight excluding hydrogens is 426 g/mol. The average Bonchev–Trinajstić information content (AvgIpc) is 3.43. The Kier molecular flexibility index (Phi) is 6.14. The molecule has 3 aromatic heterocycles. The Bertz CT molecular complexity index is 1180. The van der Waals surface area contributed by atoms with Gasteiger partial charge >= 0.3 is 0 Å².